The molecule has 0 amide bonds. The average molecular weight is 421 g/mol. The quantitative estimate of drug-likeness (QED) is 0.717. The predicted molar refractivity (Wildman–Crippen MR) is 104 cm³/mol. The van der Waals surface area contributed by atoms with Gasteiger partial charge in [0.1, 0.15) is 0 Å². The molecule has 2 heterocycles. The predicted octanol–water partition coefficient (Wildman–Crippen LogP) is 3.37. The number of fused-ring (bicyclic) bond motifs is 1. The Morgan fingerprint density at radius 1 is 1.10 bits per heavy atom. The van der Waals surface area contributed by atoms with E-state index in [-0.39, 0.29) is 46.9 Å². The first-order valence-corrected chi connectivity index (χ1v) is 9.57. The summed E-state index contributed by atoms with van der Waals surface area (Å²) in [6.07, 6.45) is 0.997. The van der Waals surface area contributed by atoms with Crippen molar-refractivity contribution in [2.75, 3.05) is 27.6 Å². The van der Waals surface area contributed by atoms with Crippen LogP contribution in [0.1, 0.15) is 11.1 Å². The van der Waals surface area contributed by atoms with Crippen LogP contribution in [0.15, 0.2) is 24.3 Å². The Kier molecular flexibility index (Phi) is 5.32. The molecule has 2 aliphatic heterocycles. The van der Waals surface area contributed by atoms with Crippen molar-refractivity contribution >= 4 is 17.6 Å². The molecule has 4 rings (SSSR count). The van der Waals surface area contributed by atoms with Crippen LogP contribution >= 0.6 is 11.6 Å². The van der Waals surface area contributed by atoms with Gasteiger partial charge in [-0.15, -0.1) is 0 Å². The SMILES string of the molecule is COc1cc(C[C@@H]2C(=O)OC[C@H]2Cc2ccc3c(c2)OCO3)c(Cl)c(OC)c1O. The van der Waals surface area contributed by atoms with Gasteiger partial charge in [0.25, 0.3) is 0 Å². The maximum Gasteiger partial charge on any atom is 0.309 e. The molecule has 2 aromatic carbocycles. The first-order valence-electron chi connectivity index (χ1n) is 9.19. The van der Waals surface area contributed by atoms with Crippen molar-refractivity contribution in [1.29, 1.82) is 0 Å². The number of cyclic esters (lactones) is 1. The molecule has 7 nitrogen and oxygen atoms in total. The van der Waals surface area contributed by atoms with Crippen molar-refractivity contribution < 1.29 is 33.6 Å². The van der Waals surface area contributed by atoms with Crippen molar-refractivity contribution in [3.8, 4) is 28.7 Å². The number of aromatic hydroxyl groups is 1. The lowest BCUT2D eigenvalue weighted by atomic mass is 9.85. The summed E-state index contributed by atoms with van der Waals surface area (Å²) in [6, 6.07) is 7.40. The molecule has 154 valence electrons. The fourth-order valence-corrected chi connectivity index (χ4v) is 4.10. The van der Waals surface area contributed by atoms with Gasteiger partial charge in [-0.2, -0.15) is 0 Å². The van der Waals surface area contributed by atoms with Crippen LogP contribution in [0.5, 0.6) is 28.7 Å². The first kappa shape index (κ1) is 19.5. The lowest BCUT2D eigenvalue weighted by Crippen LogP contribution is -2.21. The van der Waals surface area contributed by atoms with Gasteiger partial charge in [-0.25, -0.2) is 0 Å². The summed E-state index contributed by atoms with van der Waals surface area (Å²) in [6.45, 7) is 0.553. The van der Waals surface area contributed by atoms with Gasteiger partial charge in [-0.3, -0.25) is 4.79 Å². The van der Waals surface area contributed by atoms with Crippen LogP contribution in [0, 0.1) is 11.8 Å². The van der Waals surface area contributed by atoms with Gasteiger partial charge in [-0.05, 0) is 42.2 Å². The molecule has 29 heavy (non-hydrogen) atoms. The number of hydrogen-bond acceptors (Lipinski definition) is 7. The molecule has 0 aliphatic carbocycles. The normalized spacial score (nSPS) is 19.9. The van der Waals surface area contributed by atoms with E-state index in [9.17, 15) is 9.90 Å². The summed E-state index contributed by atoms with van der Waals surface area (Å²) in [5.74, 6) is 0.952. The molecule has 0 spiro atoms. The van der Waals surface area contributed by atoms with E-state index < -0.39 is 0 Å². The zero-order valence-electron chi connectivity index (χ0n) is 16.1. The van der Waals surface area contributed by atoms with Crippen molar-refractivity contribution in [2.24, 2.45) is 11.8 Å². The smallest absolute Gasteiger partial charge is 0.309 e. The van der Waals surface area contributed by atoms with Gasteiger partial charge in [0.15, 0.2) is 23.0 Å². The van der Waals surface area contributed by atoms with Gasteiger partial charge >= 0.3 is 5.97 Å². The zero-order valence-corrected chi connectivity index (χ0v) is 16.8. The summed E-state index contributed by atoms with van der Waals surface area (Å²) in [7, 11) is 2.86. The minimum absolute atomic E-state index is 0.0234. The van der Waals surface area contributed by atoms with E-state index in [1.807, 2.05) is 18.2 Å². The van der Waals surface area contributed by atoms with Crippen LogP contribution in [-0.4, -0.2) is 38.7 Å². The van der Waals surface area contributed by atoms with E-state index >= 15 is 0 Å². The monoisotopic (exact) mass is 420 g/mol. The number of carbonyl (C=O) groups excluding carboxylic acids is 1. The largest absolute Gasteiger partial charge is 0.502 e. The molecule has 2 aliphatic rings. The number of ether oxygens (including phenoxy) is 5. The number of phenols is 1. The van der Waals surface area contributed by atoms with Gasteiger partial charge in [0.05, 0.1) is 31.8 Å². The Labute approximate surface area is 173 Å². The Morgan fingerprint density at radius 2 is 1.90 bits per heavy atom. The van der Waals surface area contributed by atoms with Crippen molar-refractivity contribution in [2.45, 2.75) is 12.8 Å². The van der Waals surface area contributed by atoms with Crippen LogP contribution < -0.4 is 18.9 Å². The third-order valence-corrected chi connectivity index (χ3v) is 5.76. The van der Waals surface area contributed by atoms with Gasteiger partial charge < -0.3 is 28.8 Å². The summed E-state index contributed by atoms with van der Waals surface area (Å²) >= 11 is 6.42. The highest BCUT2D eigenvalue weighted by molar-refractivity contribution is 6.33. The number of phenolic OH excluding ortho intramolecular Hbond substituents is 1. The molecule has 0 bridgehead atoms. The second-order valence-corrected chi connectivity index (χ2v) is 7.40. The Balaban J connectivity index is 1.58. The van der Waals surface area contributed by atoms with Gasteiger partial charge in [-0.1, -0.05) is 17.7 Å². The third kappa shape index (κ3) is 3.62. The molecule has 8 heteroatoms. The van der Waals surface area contributed by atoms with E-state index in [2.05, 4.69) is 0 Å². The highest BCUT2D eigenvalue weighted by atomic mass is 35.5. The fourth-order valence-electron chi connectivity index (χ4n) is 3.81. The molecule has 0 radical (unpaired) electrons. The molecule has 1 N–H and O–H groups in total. The van der Waals surface area contributed by atoms with Crippen LogP contribution in [-0.2, 0) is 22.4 Å². The van der Waals surface area contributed by atoms with Crippen LogP contribution in [0.3, 0.4) is 0 Å². The summed E-state index contributed by atoms with van der Waals surface area (Å²) < 4.78 is 26.5. The molecule has 2 aromatic rings. The van der Waals surface area contributed by atoms with Crippen molar-refractivity contribution in [3.05, 3.63) is 40.4 Å². The van der Waals surface area contributed by atoms with E-state index in [4.69, 9.17) is 35.3 Å². The second kappa shape index (κ2) is 7.91. The topological polar surface area (TPSA) is 83.5 Å². The lowest BCUT2D eigenvalue weighted by molar-refractivity contribution is -0.141. The highest BCUT2D eigenvalue weighted by Crippen LogP contribution is 2.45. The average Bonchev–Trinajstić information content (AvgIpc) is 3.31. The van der Waals surface area contributed by atoms with E-state index in [0.717, 1.165) is 11.3 Å². The second-order valence-electron chi connectivity index (χ2n) is 7.03. The van der Waals surface area contributed by atoms with Gasteiger partial charge in [0, 0.05) is 5.92 Å². The van der Waals surface area contributed by atoms with E-state index in [0.29, 0.717) is 30.8 Å². The number of rotatable bonds is 6. The summed E-state index contributed by atoms with van der Waals surface area (Å²) in [5, 5.41) is 10.4. The lowest BCUT2D eigenvalue weighted by Gasteiger charge is -2.18. The molecule has 1 saturated heterocycles. The maximum absolute atomic E-state index is 12.4. The van der Waals surface area contributed by atoms with Crippen LogP contribution in [0.4, 0.5) is 0 Å². The first-order chi connectivity index (χ1) is 14.0. The fraction of sp³-hybridized carbons (Fsp3) is 0.381. The number of halogens is 1. The minimum atomic E-state index is -0.378. The molecule has 2 atom stereocenters. The van der Waals surface area contributed by atoms with Crippen molar-refractivity contribution in [3.63, 3.8) is 0 Å². The van der Waals surface area contributed by atoms with E-state index in [1.165, 1.54) is 14.2 Å². The molecule has 0 aromatic heterocycles. The summed E-state index contributed by atoms with van der Waals surface area (Å²) in [4.78, 5) is 12.4. The number of esters is 1. The third-order valence-electron chi connectivity index (χ3n) is 5.35. The van der Waals surface area contributed by atoms with Crippen LogP contribution in [0.2, 0.25) is 5.02 Å². The summed E-state index contributed by atoms with van der Waals surface area (Å²) in [5.41, 5.74) is 1.69. The minimum Gasteiger partial charge on any atom is -0.502 e. The Morgan fingerprint density at radius 3 is 2.66 bits per heavy atom. The number of benzene rings is 2. The van der Waals surface area contributed by atoms with Gasteiger partial charge in [0.2, 0.25) is 12.5 Å². The Bertz CT molecular complexity index is 943. The zero-order chi connectivity index (χ0) is 20.5. The molecule has 0 saturated carbocycles. The van der Waals surface area contributed by atoms with E-state index in [1.54, 1.807) is 6.07 Å². The number of hydrogen-bond donors (Lipinski definition) is 1. The number of carbonyl (C=O) groups is 1. The molecule has 0 unspecified atom stereocenters. The van der Waals surface area contributed by atoms with Crippen molar-refractivity contribution in [1.82, 2.24) is 0 Å². The van der Waals surface area contributed by atoms with Crippen LogP contribution in [0.25, 0.3) is 0 Å². The molecule has 1 fully saturated rings. The maximum atomic E-state index is 12.4. The highest BCUT2D eigenvalue weighted by Gasteiger charge is 2.38. The molecular weight excluding hydrogens is 400 g/mol. The Hall–Kier alpha value is -2.80. The standard InChI is InChI=1S/C21H21ClO7/c1-25-17-8-12(18(22)20(26-2)19(17)23)7-14-13(9-27-21(14)24)5-11-3-4-15-16(6-11)29-10-28-15/h3-4,6,8,13-14,23H,5,7,9-10H2,1-2H3/t13-,14+/m1/s1. The molecular formula is C21H21ClO7. The number of methoxy groups -OCH3 is 2.